The predicted molar refractivity (Wildman–Crippen MR) is 50.2 cm³/mol. The van der Waals surface area contributed by atoms with Crippen molar-refractivity contribution in [2.75, 3.05) is 5.73 Å². The lowest BCUT2D eigenvalue weighted by atomic mass is 10.0. The number of anilines is 1. The second kappa shape index (κ2) is 3.56. The number of benzene rings is 1. The third-order valence-corrected chi connectivity index (χ3v) is 1.99. The molecule has 0 aliphatic carbocycles. The Hall–Kier alpha value is -1.38. The first-order valence-electron chi connectivity index (χ1n) is 4.15. The van der Waals surface area contributed by atoms with Gasteiger partial charge in [0.15, 0.2) is 5.78 Å². The van der Waals surface area contributed by atoms with Gasteiger partial charge in [-0.05, 0) is 25.0 Å². The number of nitrogens with two attached hydrogens (primary N) is 1. The summed E-state index contributed by atoms with van der Waals surface area (Å²) < 4.78 is 13.5. The highest BCUT2D eigenvalue weighted by atomic mass is 19.1. The van der Waals surface area contributed by atoms with E-state index in [0.29, 0.717) is 12.0 Å². The van der Waals surface area contributed by atoms with Crippen LogP contribution in [0.4, 0.5) is 10.1 Å². The molecule has 2 nitrogen and oxygen atoms in total. The lowest BCUT2D eigenvalue weighted by Crippen LogP contribution is -2.05. The number of rotatable bonds is 2. The fraction of sp³-hybridized carbons (Fsp3) is 0.300. The predicted octanol–water partition coefficient (Wildman–Crippen LogP) is 2.17. The molecule has 0 saturated carbocycles. The Morgan fingerprint density at radius 1 is 1.54 bits per heavy atom. The zero-order valence-corrected chi connectivity index (χ0v) is 7.73. The summed E-state index contributed by atoms with van der Waals surface area (Å²) in [5.41, 5.74) is 6.24. The summed E-state index contributed by atoms with van der Waals surface area (Å²) in [6.07, 6.45) is 0.562. The van der Waals surface area contributed by atoms with Gasteiger partial charge in [-0.3, -0.25) is 4.79 Å². The van der Waals surface area contributed by atoms with E-state index in [0.717, 1.165) is 0 Å². The van der Waals surface area contributed by atoms with E-state index < -0.39 is 5.82 Å². The number of Topliss-reactive ketones (excluding diaryl/α,β-unsaturated/α-hetero) is 1. The van der Waals surface area contributed by atoms with E-state index in [1.165, 1.54) is 6.92 Å². The Kier molecular flexibility index (Phi) is 2.66. The van der Waals surface area contributed by atoms with Crippen molar-refractivity contribution in [2.24, 2.45) is 0 Å². The fourth-order valence-corrected chi connectivity index (χ4v) is 1.27. The quantitative estimate of drug-likeness (QED) is 0.561. The van der Waals surface area contributed by atoms with Crippen LogP contribution in [0.25, 0.3) is 0 Å². The zero-order valence-electron chi connectivity index (χ0n) is 7.73. The average Bonchev–Trinajstić information content (AvgIpc) is 2.04. The summed E-state index contributed by atoms with van der Waals surface area (Å²) in [5, 5.41) is 0. The second-order valence-corrected chi connectivity index (χ2v) is 2.91. The standard InChI is InChI=1S/C10H12FNO/c1-3-7-4-5-8(12)9(6(2)13)10(7)11/h4-5H,3,12H2,1-2H3. The number of ketones is 1. The van der Waals surface area contributed by atoms with Crippen molar-refractivity contribution in [1.29, 1.82) is 0 Å². The van der Waals surface area contributed by atoms with Crippen molar-refractivity contribution in [3.05, 3.63) is 29.1 Å². The highest BCUT2D eigenvalue weighted by Gasteiger charge is 2.13. The summed E-state index contributed by atoms with van der Waals surface area (Å²) in [6.45, 7) is 3.15. The normalized spacial score (nSPS) is 10.1. The van der Waals surface area contributed by atoms with Crippen LogP contribution in [0, 0.1) is 5.82 Å². The molecule has 1 aromatic rings. The van der Waals surface area contributed by atoms with Gasteiger partial charge >= 0.3 is 0 Å². The van der Waals surface area contributed by atoms with Crippen molar-refractivity contribution in [3.63, 3.8) is 0 Å². The molecule has 0 unspecified atom stereocenters. The van der Waals surface area contributed by atoms with E-state index in [-0.39, 0.29) is 17.0 Å². The summed E-state index contributed by atoms with van der Waals surface area (Å²) in [7, 11) is 0. The first kappa shape index (κ1) is 9.71. The van der Waals surface area contributed by atoms with Crippen LogP contribution in [0.2, 0.25) is 0 Å². The molecule has 0 atom stereocenters. The molecular formula is C10H12FNO. The van der Waals surface area contributed by atoms with Gasteiger partial charge < -0.3 is 5.73 Å². The van der Waals surface area contributed by atoms with E-state index in [1.54, 1.807) is 12.1 Å². The third kappa shape index (κ3) is 1.69. The molecule has 0 aromatic heterocycles. The molecule has 2 N–H and O–H groups in total. The van der Waals surface area contributed by atoms with Crippen LogP contribution in [0.15, 0.2) is 12.1 Å². The number of hydrogen-bond donors (Lipinski definition) is 1. The van der Waals surface area contributed by atoms with Crippen molar-refractivity contribution < 1.29 is 9.18 Å². The smallest absolute Gasteiger partial charge is 0.164 e. The molecule has 3 heteroatoms. The number of carbonyl (C=O) groups is 1. The number of hydrogen-bond acceptors (Lipinski definition) is 2. The topological polar surface area (TPSA) is 43.1 Å². The monoisotopic (exact) mass is 181 g/mol. The SMILES string of the molecule is CCc1ccc(N)c(C(C)=O)c1F. The molecule has 0 saturated heterocycles. The van der Waals surface area contributed by atoms with Gasteiger partial charge in [-0.15, -0.1) is 0 Å². The van der Waals surface area contributed by atoms with E-state index in [1.807, 2.05) is 6.92 Å². The summed E-state index contributed by atoms with van der Waals surface area (Å²) in [5.74, 6) is -0.805. The van der Waals surface area contributed by atoms with Crippen molar-refractivity contribution in [2.45, 2.75) is 20.3 Å². The molecule has 0 bridgehead atoms. The van der Waals surface area contributed by atoms with E-state index in [9.17, 15) is 9.18 Å². The molecule has 0 spiro atoms. The number of aryl methyl sites for hydroxylation is 1. The second-order valence-electron chi connectivity index (χ2n) is 2.91. The molecule has 0 aliphatic heterocycles. The van der Waals surface area contributed by atoms with Crippen LogP contribution in [-0.4, -0.2) is 5.78 Å². The van der Waals surface area contributed by atoms with Gasteiger partial charge in [0, 0.05) is 5.69 Å². The molecule has 0 fully saturated rings. The molecule has 70 valence electrons. The van der Waals surface area contributed by atoms with Crippen LogP contribution in [-0.2, 0) is 6.42 Å². The molecule has 0 amide bonds. The highest BCUT2D eigenvalue weighted by molar-refractivity contribution is 5.99. The van der Waals surface area contributed by atoms with Gasteiger partial charge in [0.25, 0.3) is 0 Å². The van der Waals surface area contributed by atoms with E-state index in [2.05, 4.69) is 0 Å². The zero-order chi connectivity index (χ0) is 10.0. The first-order chi connectivity index (χ1) is 6.07. The maximum absolute atomic E-state index is 13.5. The summed E-state index contributed by atoms with van der Waals surface area (Å²) in [6, 6.07) is 3.18. The summed E-state index contributed by atoms with van der Waals surface area (Å²) in [4.78, 5) is 11.0. The minimum atomic E-state index is -0.477. The molecular weight excluding hydrogens is 169 g/mol. The van der Waals surface area contributed by atoms with Crippen LogP contribution in [0.1, 0.15) is 29.8 Å². The maximum atomic E-state index is 13.5. The number of nitrogen functional groups attached to an aromatic ring is 1. The van der Waals surface area contributed by atoms with E-state index in [4.69, 9.17) is 5.73 Å². The van der Waals surface area contributed by atoms with Crippen LogP contribution >= 0.6 is 0 Å². The van der Waals surface area contributed by atoms with Gasteiger partial charge in [-0.1, -0.05) is 13.0 Å². The van der Waals surface area contributed by atoms with Crippen molar-refractivity contribution in [3.8, 4) is 0 Å². The minimum absolute atomic E-state index is 0.0133. The number of halogens is 1. The fourth-order valence-electron chi connectivity index (χ4n) is 1.27. The molecule has 0 heterocycles. The van der Waals surface area contributed by atoms with E-state index >= 15 is 0 Å². The Morgan fingerprint density at radius 3 is 2.62 bits per heavy atom. The minimum Gasteiger partial charge on any atom is -0.398 e. The largest absolute Gasteiger partial charge is 0.398 e. The third-order valence-electron chi connectivity index (χ3n) is 1.99. The van der Waals surface area contributed by atoms with Crippen LogP contribution < -0.4 is 5.73 Å². The summed E-state index contributed by atoms with van der Waals surface area (Å²) >= 11 is 0. The van der Waals surface area contributed by atoms with Gasteiger partial charge in [-0.25, -0.2) is 4.39 Å². The molecule has 0 aliphatic rings. The highest BCUT2D eigenvalue weighted by Crippen LogP contribution is 2.20. The molecule has 0 radical (unpaired) electrons. The molecule has 1 aromatic carbocycles. The van der Waals surface area contributed by atoms with Gasteiger partial charge in [0.05, 0.1) is 5.56 Å². The maximum Gasteiger partial charge on any atom is 0.164 e. The van der Waals surface area contributed by atoms with Gasteiger partial charge in [0.2, 0.25) is 0 Å². The number of carbonyl (C=O) groups excluding carboxylic acids is 1. The van der Waals surface area contributed by atoms with Gasteiger partial charge in [0.1, 0.15) is 5.82 Å². The van der Waals surface area contributed by atoms with Crippen LogP contribution in [0.3, 0.4) is 0 Å². The average molecular weight is 181 g/mol. The Morgan fingerprint density at radius 2 is 2.15 bits per heavy atom. The Bertz CT molecular complexity index is 347. The lowest BCUT2D eigenvalue weighted by Gasteiger charge is -2.06. The van der Waals surface area contributed by atoms with Crippen LogP contribution in [0.5, 0.6) is 0 Å². The Balaban J connectivity index is 3.38. The first-order valence-corrected chi connectivity index (χ1v) is 4.15. The Labute approximate surface area is 76.6 Å². The molecule has 1 rings (SSSR count). The lowest BCUT2D eigenvalue weighted by molar-refractivity contribution is 0.101. The van der Waals surface area contributed by atoms with Crippen molar-refractivity contribution >= 4 is 11.5 Å². The molecule has 13 heavy (non-hydrogen) atoms. The van der Waals surface area contributed by atoms with Gasteiger partial charge in [-0.2, -0.15) is 0 Å². The van der Waals surface area contributed by atoms with Crippen molar-refractivity contribution in [1.82, 2.24) is 0 Å².